The van der Waals surface area contributed by atoms with E-state index in [-0.39, 0.29) is 5.91 Å². The lowest BCUT2D eigenvalue weighted by Crippen LogP contribution is -2.44. The Kier molecular flexibility index (Phi) is 3.56. The van der Waals surface area contributed by atoms with Crippen LogP contribution >= 0.6 is 0 Å². The number of nitrogens with two attached hydrogens (primary N) is 1. The van der Waals surface area contributed by atoms with Gasteiger partial charge in [-0.05, 0) is 24.5 Å². The number of rotatable bonds is 5. The molecule has 1 aliphatic rings. The Hall–Kier alpha value is -2.43. The molecule has 0 spiro atoms. The molecular weight excluding hydrogens is 266 g/mol. The Morgan fingerprint density at radius 2 is 2.05 bits per heavy atom. The van der Waals surface area contributed by atoms with Crippen LogP contribution in [0.15, 0.2) is 36.5 Å². The number of hydrogen-bond donors (Lipinski definition) is 2. The highest BCUT2D eigenvalue weighted by Gasteiger charge is 2.29. The number of hydrogen-bond acceptors (Lipinski definition) is 3. The summed E-state index contributed by atoms with van der Waals surface area (Å²) in [5, 5.41) is 3.63. The van der Waals surface area contributed by atoms with E-state index in [2.05, 4.69) is 10.3 Å². The van der Waals surface area contributed by atoms with E-state index in [0.717, 1.165) is 18.2 Å². The van der Waals surface area contributed by atoms with Crippen molar-refractivity contribution >= 4 is 22.7 Å². The minimum Gasteiger partial charge on any atom is -0.368 e. The van der Waals surface area contributed by atoms with Gasteiger partial charge in [0.1, 0.15) is 6.04 Å². The lowest BCUT2D eigenvalue weighted by molar-refractivity contribution is -0.120. The van der Waals surface area contributed by atoms with Crippen molar-refractivity contribution in [3.8, 4) is 0 Å². The predicted octanol–water partition coefficient (Wildman–Crippen LogP) is 1.62. The van der Waals surface area contributed by atoms with Crippen molar-refractivity contribution in [2.75, 3.05) is 0 Å². The van der Waals surface area contributed by atoms with Crippen LogP contribution in [0.25, 0.3) is 10.9 Å². The predicted molar refractivity (Wildman–Crippen MR) is 79.5 cm³/mol. The summed E-state index contributed by atoms with van der Waals surface area (Å²) in [6.45, 7) is 0. The van der Waals surface area contributed by atoms with Gasteiger partial charge in [0.25, 0.3) is 5.91 Å². The maximum atomic E-state index is 12.4. The first-order valence-electron chi connectivity index (χ1n) is 7.09. The molecule has 1 aliphatic carbocycles. The van der Waals surface area contributed by atoms with Crippen molar-refractivity contribution in [2.24, 2.45) is 11.7 Å². The van der Waals surface area contributed by atoms with Gasteiger partial charge in [-0.3, -0.25) is 14.6 Å². The van der Waals surface area contributed by atoms with Gasteiger partial charge in [-0.25, -0.2) is 0 Å². The van der Waals surface area contributed by atoms with Gasteiger partial charge in [0.2, 0.25) is 5.91 Å². The highest BCUT2D eigenvalue weighted by atomic mass is 16.2. The second kappa shape index (κ2) is 5.52. The molecule has 1 aromatic heterocycles. The standard InChI is InChI=1S/C16H17N3O2/c17-15(20)13(9-10-6-7-10)19-16(21)12-5-1-3-11-4-2-8-18-14(11)12/h1-5,8,10,13H,6-7,9H2,(H2,17,20)(H,19,21)/t13-/m0/s1. The van der Waals surface area contributed by atoms with Gasteiger partial charge in [-0.2, -0.15) is 0 Å². The summed E-state index contributed by atoms with van der Waals surface area (Å²) in [7, 11) is 0. The molecule has 1 heterocycles. The fraction of sp³-hybridized carbons (Fsp3) is 0.312. The SMILES string of the molecule is NC(=O)[C@H](CC1CC1)NC(=O)c1cccc2cccnc12. The first kappa shape index (κ1) is 13.5. The quantitative estimate of drug-likeness (QED) is 0.874. The van der Waals surface area contributed by atoms with Crippen molar-refractivity contribution in [1.29, 1.82) is 0 Å². The van der Waals surface area contributed by atoms with Gasteiger partial charge in [-0.1, -0.05) is 31.0 Å². The van der Waals surface area contributed by atoms with Gasteiger partial charge < -0.3 is 11.1 Å². The van der Waals surface area contributed by atoms with Gasteiger partial charge in [0.05, 0.1) is 11.1 Å². The maximum Gasteiger partial charge on any atom is 0.254 e. The molecule has 2 amide bonds. The van der Waals surface area contributed by atoms with E-state index in [1.54, 1.807) is 18.3 Å². The van der Waals surface area contributed by atoms with Crippen LogP contribution in [0.1, 0.15) is 29.6 Å². The van der Waals surface area contributed by atoms with E-state index < -0.39 is 11.9 Å². The number of primary amides is 1. The minimum atomic E-state index is -0.607. The summed E-state index contributed by atoms with van der Waals surface area (Å²) in [6, 6.07) is 8.52. The number of para-hydroxylation sites is 1. The molecule has 0 radical (unpaired) electrons. The molecule has 0 unspecified atom stereocenters. The van der Waals surface area contributed by atoms with Crippen molar-refractivity contribution in [1.82, 2.24) is 10.3 Å². The summed E-state index contributed by atoms with van der Waals surface area (Å²) in [5.74, 6) is -0.277. The molecule has 1 aromatic carbocycles. The molecule has 0 saturated heterocycles. The highest BCUT2D eigenvalue weighted by Crippen LogP contribution is 2.33. The topological polar surface area (TPSA) is 85.1 Å². The average molecular weight is 283 g/mol. The summed E-state index contributed by atoms with van der Waals surface area (Å²) < 4.78 is 0. The number of carbonyl (C=O) groups excluding carboxylic acids is 2. The fourth-order valence-corrected chi connectivity index (χ4v) is 2.46. The molecular formula is C16H17N3O2. The number of benzene rings is 1. The second-order valence-corrected chi connectivity index (χ2v) is 5.49. The molecule has 21 heavy (non-hydrogen) atoms. The van der Waals surface area contributed by atoms with Gasteiger partial charge in [-0.15, -0.1) is 0 Å². The van der Waals surface area contributed by atoms with E-state index in [4.69, 9.17) is 5.73 Å². The van der Waals surface area contributed by atoms with E-state index in [9.17, 15) is 9.59 Å². The van der Waals surface area contributed by atoms with Gasteiger partial charge in [0.15, 0.2) is 0 Å². The minimum absolute atomic E-state index is 0.302. The van der Waals surface area contributed by atoms with E-state index in [1.807, 2.05) is 18.2 Å². The number of amides is 2. The summed E-state index contributed by atoms with van der Waals surface area (Å²) in [5.41, 5.74) is 6.48. The van der Waals surface area contributed by atoms with Crippen LogP contribution in [0, 0.1) is 5.92 Å². The number of pyridine rings is 1. The average Bonchev–Trinajstić information content (AvgIpc) is 3.29. The number of fused-ring (bicyclic) bond motifs is 1. The molecule has 1 fully saturated rings. The molecule has 3 rings (SSSR count). The second-order valence-electron chi connectivity index (χ2n) is 5.49. The number of aromatic nitrogens is 1. The Labute approximate surface area is 122 Å². The van der Waals surface area contributed by atoms with Crippen LogP contribution in [-0.4, -0.2) is 22.8 Å². The summed E-state index contributed by atoms with van der Waals surface area (Å²) in [4.78, 5) is 28.2. The monoisotopic (exact) mass is 283 g/mol. The lowest BCUT2D eigenvalue weighted by Gasteiger charge is -2.15. The highest BCUT2D eigenvalue weighted by molar-refractivity contribution is 6.06. The third kappa shape index (κ3) is 3.02. The zero-order valence-corrected chi connectivity index (χ0v) is 11.6. The Bertz CT molecular complexity index is 689. The number of nitrogens with one attached hydrogen (secondary N) is 1. The first-order valence-corrected chi connectivity index (χ1v) is 7.09. The third-order valence-electron chi connectivity index (χ3n) is 3.79. The maximum absolute atomic E-state index is 12.4. The van der Waals surface area contributed by atoms with Crippen molar-refractivity contribution in [2.45, 2.75) is 25.3 Å². The smallest absolute Gasteiger partial charge is 0.254 e. The Balaban J connectivity index is 1.84. The zero-order chi connectivity index (χ0) is 14.8. The van der Waals surface area contributed by atoms with Gasteiger partial charge in [0, 0.05) is 11.6 Å². The molecule has 0 aliphatic heterocycles. The lowest BCUT2D eigenvalue weighted by atomic mass is 10.1. The third-order valence-corrected chi connectivity index (χ3v) is 3.79. The Morgan fingerprint density at radius 3 is 2.76 bits per heavy atom. The summed E-state index contributed by atoms with van der Waals surface area (Å²) in [6.07, 6.45) is 4.49. The van der Waals surface area contributed by atoms with Crippen molar-refractivity contribution < 1.29 is 9.59 Å². The van der Waals surface area contributed by atoms with Crippen LogP contribution in [0.5, 0.6) is 0 Å². The van der Waals surface area contributed by atoms with Crippen LogP contribution in [0.2, 0.25) is 0 Å². The Morgan fingerprint density at radius 1 is 1.29 bits per heavy atom. The van der Waals surface area contributed by atoms with Crippen LogP contribution < -0.4 is 11.1 Å². The molecule has 1 atom stereocenters. The van der Waals surface area contributed by atoms with Gasteiger partial charge >= 0.3 is 0 Å². The fourth-order valence-electron chi connectivity index (χ4n) is 2.46. The van der Waals surface area contributed by atoms with Crippen molar-refractivity contribution in [3.63, 3.8) is 0 Å². The molecule has 2 aromatic rings. The summed E-state index contributed by atoms with van der Waals surface area (Å²) >= 11 is 0. The number of carbonyl (C=O) groups is 2. The molecule has 5 nitrogen and oxygen atoms in total. The molecule has 3 N–H and O–H groups in total. The van der Waals surface area contributed by atoms with E-state index in [1.165, 1.54) is 0 Å². The first-order chi connectivity index (χ1) is 10.1. The molecule has 0 bridgehead atoms. The van der Waals surface area contributed by atoms with Crippen LogP contribution in [-0.2, 0) is 4.79 Å². The number of nitrogens with zero attached hydrogens (tertiary/aromatic N) is 1. The van der Waals surface area contributed by atoms with Crippen molar-refractivity contribution in [3.05, 3.63) is 42.1 Å². The van der Waals surface area contributed by atoms with Crippen LogP contribution in [0.4, 0.5) is 0 Å². The molecule has 5 heteroatoms. The normalized spacial score (nSPS) is 15.6. The molecule has 1 saturated carbocycles. The largest absolute Gasteiger partial charge is 0.368 e. The van der Waals surface area contributed by atoms with E-state index in [0.29, 0.717) is 23.4 Å². The van der Waals surface area contributed by atoms with E-state index >= 15 is 0 Å². The van der Waals surface area contributed by atoms with Crippen LogP contribution in [0.3, 0.4) is 0 Å². The zero-order valence-electron chi connectivity index (χ0n) is 11.6. The molecule has 108 valence electrons.